The van der Waals surface area contributed by atoms with Gasteiger partial charge in [0.2, 0.25) is 0 Å². The van der Waals surface area contributed by atoms with Gasteiger partial charge in [0.15, 0.2) is 0 Å². The number of hydrogen-bond donors (Lipinski definition) is 0. The topological polar surface area (TPSA) is 9.23 Å². The normalized spacial score (nSPS) is 14.3. The average Bonchev–Trinajstić information content (AvgIpc) is 2.14. The molecule has 0 aliphatic carbocycles. The molecule has 0 amide bonds. The van der Waals surface area contributed by atoms with Crippen LogP contribution in [0.3, 0.4) is 0 Å². The molecule has 0 spiro atoms. The minimum Gasteiger partial charge on any atom is -0.283 e. The van der Waals surface area contributed by atoms with E-state index in [1.807, 2.05) is 0 Å². The Morgan fingerprint density at radius 2 is 1.60 bits per heavy atom. The molecule has 0 saturated carbocycles. The second kappa shape index (κ2) is 4.66. The molecular formula is C11H13F3O. The average molecular weight is 218 g/mol. The maximum absolute atomic E-state index is 12.1. The van der Waals surface area contributed by atoms with Gasteiger partial charge in [-0.2, -0.15) is 0 Å². The second-order valence-corrected chi connectivity index (χ2v) is 3.64. The van der Waals surface area contributed by atoms with Crippen molar-refractivity contribution in [2.75, 3.05) is 0 Å². The number of rotatable bonds is 3. The van der Waals surface area contributed by atoms with Crippen LogP contribution >= 0.6 is 0 Å². The summed E-state index contributed by atoms with van der Waals surface area (Å²) >= 11 is 0. The monoisotopic (exact) mass is 218 g/mol. The van der Waals surface area contributed by atoms with Crippen molar-refractivity contribution in [1.29, 1.82) is 0 Å². The van der Waals surface area contributed by atoms with Crippen LogP contribution in [0.1, 0.15) is 25.5 Å². The van der Waals surface area contributed by atoms with Crippen molar-refractivity contribution >= 4 is 0 Å². The van der Waals surface area contributed by atoms with E-state index in [9.17, 15) is 13.2 Å². The van der Waals surface area contributed by atoms with Crippen LogP contribution in [0, 0.1) is 5.92 Å². The molecule has 0 aromatic heterocycles. The lowest BCUT2D eigenvalue weighted by Crippen LogP contribution is -2.21. The first-order valence-electron chi connectivity index (χ1n) is 4.69. The molecule has 1 rings (SSSR count). The van der Waals surface area contributed by atoms with Gasteiger partial charge in [-0.1, -0.05) is 44.2 Å². The van der Waals surface area contributed by atoms with Gasteiger partial charge in [0.25, 0.3) is 0 Å². The maximum atomic E-state index is 12.1. The van der Waals surface area contributed by atoms with Crippen molar-refractivity contribution in [3.63, 3.8) is 0 Å². The molecule has 0 heterocycles. The molecule has 0 radical (unpaired) electrons. The Morgan fingerprint density at radius 3 is 2.00 bits per heavy atom. The minimum absolute atomic E-state index is 0.228. The van der Waals surface area contributed by atoms with Crippen LogP contribution in [0.25, 0.3) is 0 Å². The van der Waals surface area contributed by atoms with Crippen LogP contribution in [-0.2, 0) is 4.74 Å². The van der Waals surface area contributed by atoms with E-state index in [-0.39, 0.29) is 5.92 Å². The molecule has 0 fully saturated rings. The third kappa shape index (κ3) is 3.91. The Labute approximate surface area is 86.9 Å². The Hall–Kier alpha value is -1.03. The molecule has 84 valence electrons. The molecular weight excluding hydrogens is 205 g/mol. The Balaban J connectivity index is 2.85. The molecule has 0 bridgehead atoms. The zero-order chi connectivity index (χ0) is 11.5. The van der Waals surface area contributed by atoms with Gasteiger partial charge in [0.1, 0.15) is 0 Å². The van der Waals surface area contributed by atoms with Crippen LogP contribution < -0.4 is 0 Å². The molecule has 1 nitrogen and oxygen atoms in total. The number of ether oxygens (including phenoxy) is 1. The SMILES string of the molecule is CC(C)C(OC(F)(F)F)c1ccccc1. The van der Waals surface area contributed by atoms with Gasteiger partial charge in [-0.25, -0.2) is 0 Å². The first kappa shape index (κ1) is 12.0. The van der Waals surface area contributed by atoms with Gasteiger partial charge >= 0.3 is 6.36 Å². The van der Waals surface area contributed by atoms with E-state index in [4.69, 9.17) is 0 Å². The van der Waals surface area contributed by atoms with Crippen molar-refractivity contribution in [2.24, 2.45) is 5.92 Å². The van der Waals surface area contributed by atoms with E-state index in [0.29, 0.717) is 5.56 Å². The summed E-state index contributed by atoms with van der Waals surface area (Å²) in [5.74, 6) is -0.228. The summed E-state index contributed by atoms with van der Waals surface area (Å²) in [5, 5.41) is 0. The van der Waals surface area contributed by atoms with Crippen molar-refractivity contribution in [2.45, 2.75) is 26.3 Å². The van der Waals surface area contributed by atoms with Crippen molar-refractivity contribution in [3.8, 4) is 0 Å². The summed E-state index contributed by atoms with van der Waals surface area (Å²) in [6.07, 6.45) is -5.53. The second-order valence-electron chi connectivity index (χ2n) is 3.64. The third-order valence-corrected chi connectivity index (χ3v) is 1.99. The highest BCUT2D eigenvalue weighted by atomic mass is 19.4. The third-order valence-electron chi connectivity index (χ3n) is 1.99. The molecule has 0 N–H and O–H groups in total. The molecule has 1 unspecified atom stereocenters. The Morgan fingerprint density at radius 1 is 1.07 bits per heavy atom. The van der Waals surface area contributed by atoms with Gasteiger partial charge in [-0.3, -0.25) is 4.74 Å². The minimum atomic E-state index is -4.59. The van der Waals surface area contributed by atoms with Crippen LogP contribution in [0.15, 0.2) is 30.3 Å². The van der Waals surface area contributed by atoms with Crippen molar-refractivity contribution in [1.82, 2.24) is 0 Å². The van der Waals surface area contributed by atoms with E-state index in [2.05, 4.69) is 4.74 Å². The van der Waals surface area contributed by atoms with E-state index in [1.165, 1.54) is 0 Å². The number of hydrogen-bond acceptors (Lipinski definition) is 1. The van der Waals surface area contributed by atoms with Crippen LogP contribution in [0.4, 0.5) is 13.2 Å². The summed E-state index contributed by atoms with van der Waals surface area (Å²) in [6.45, 7) is 3.40. The van der Waals surface area contributed by atoms with E-state index in [0.717, 1.165) is 0 Å². The lowest BCUT2D eigenvalue weighted by Gasteiger charge is -2.22. The van der Waals surface area contributed by atoms with Gasteiger partial charge in [0, 0.05) is 0 Å². The summed E-state index contributed by atoms with van der Waals surface area (Å²) in [6, 6.07) is 8.43. The lowest BCUT2D eigenvalue weighted by atomic mass is 9.99. The highest BCUT2D eigenvalue weighted by molar-refractivity contribution is 5.18. The van der Waals surface area contributed by atoms with Crippen LogP contribution in [0.2, 0.25) is 0 Å². The molecule has 1 atom stereocenters. The van der Waals surface area contributed by atoms with Crippen molar-refractivity contribution in [3.05, 3.63) is 35.9 Å². The first-order valence-corrected chi connectivity index (χ1v) is 4.69. The zero-order valence-corrected chi connectivity index (χ0v) is 8.58. The molecule has 0 saturated heterocycles. The lowest BCUT2D eigenvalue weighted by molar-refractivity contribution is -0.349. The van der Waals surface area contributed by atoms with E-state index in [1.54, 1.807) is 44.2 Å². The predicted octanol–water partition coefficient (Wildman–Crippen LogP) is 3.92. The molecule has 15 heavy (non-hydrogen) atoms. The Bertz CT molecular complexity index is 292. The van der Waals surface area contributed by atoms with E-state index < -0.39 is 12.5 Å². The number of benzene rings is 1. The van der Waals surface area contributed by atoms with Gasteiger partial charge in [-0.05, 0) is 11.5 Å². The van der Waals surface area contributed by atoms with Crippen LogP contribution in [0.5, 0.6) is 0 Å². The molecule has 1 aromatic carbocycles. The standard InChI is InChI=1S/C11H13F3O/c1-8(2)10(15-11(12,13)14)9-6-4-3-5-7-9/h3-8,10H,1-2H3. The largest absolute Gasteiger partial charge is 0.523 e. The zero-order valence-electron chi connectivity index (χ0n) is 8.58. The summed E-state index contributed by atoms with van der Waals surface area (Å²) in [5.41, 5.74) is 0.546. The van der Waals surface area contributed by atoms with Crippen molar-refractivity contribution < 1.29 is 17.9 Å². The fourth-order valence-electron chi connectivity index (χ4n) is 1.38. The number of halogens is 3. The summed E-state index contributed by atoms with van der Waals surface area (Å²) < 4.78 is 40.5. The smallest absolute Gasteiger partial charge is 0.283 e. The summed E-state index contributed by atoms with van der Waals surface area (Å²) in [4.78, 5) is 0. The summed E-state index contributed by atoms with van der Waals surface area (Å²) in [7, 11) is 0. The molecule has 0 aliphatic heterocycles. The Kier molecular flexibility index (Phi) is 3.74. The van der Waals surface area contributed by atoms with Gasteiger partial charge < -0.3 is 0 Å². The fraction of sp³-hybridized carbons (Fsp3) is 0.455. The molecule has 1 aromatic rings. The van der Waals surface area contributed by atoms with Gasteiger partial charge in [0.05, 0.1) is 6.10 Å². The van der Waals surface area contributed by atoms with Crippen LogP contribution in [-0.4, -0.2) is 6.36 Å². The molecule has 4 heteroatoms. The highest BCUT2D eigenvalue weighted by Gasteiger charge is 2.35. The van der Waals surface area contributed by atoms with E-state index >= 15 is 0 Å². The highest BCUT2D eigenvalue weighted by Crippen LogP contribution is 2.32. The fourth-order valence-corrected chi connectivity index (χ4v) is 1.38. The van der Waals surface area contributed by atoms with Gasteiger partial charge in [-0.15, -0.1) is 13.2 Å². The molecule has 0 aliphatic rings. The maximum Gasteiger partial charge on any atom is 0.523 e. The quantitative estimate of drug-likeness (QED) is 0.747. The first-order chi connectivity index (χ1) is 6.90. The predicted molar refractivity (Wildman–Crippen MR) is 51.2 cm³/mol. The number of alkyl halides is 3.